The van der Waals surface area contributed by atoms with Gasteiger partial charge in [0.05, 0.1) is 16.3 Å². The van der Waals surface area contributed by atoms with E-state index >= 15 is 0 Å². The van der Waals surface area contributed by atoms with Gasteiger partial charge in [0.2, 0.25) is 5.91 Å². The molecule has 0 saturated carbocycles. The first kappa shape index (κ1) is 30.7. The minimum Gasteiger partial charge on any atom is -0.457 e. The van der Waals surface area contributed by atoms with Crippen molar-refractivity contribution in [2.24, 2.45) is 0 Å². The number of alkyl halides is 3. The number of hydrogen-bond donors (Lipinski definition) is 5. The van der Waals surface area contributed by atoms with E-state index in [2.05, 4.69) is 20.9 Å². The van der Waals surface area contributed by atoms with E-state index in [1.54, 1.807) is 48.1 Å². The maximum Gasteiger partial charge on any atom is 0.417 e. The lowest BCUT2D eigenvalue weighted by Gasteiger charge is -2.13. The van der Waals surface area contributed by atoms with Crippen LogP contribution in [0.5, 0.6) is 11.5 Å². The number of carbonyl (C=O) groups excluding carboxylic acids is 2. The summed E-state index contributed by atoms with van der Waals surface area (Å²) < 4.78 is 45.0. The average molecular weight is 580 g/mol. The van der Waals surface area contributed by atoms with Crippen LogP contribution in [0.3, 0.4) is 0 Å². The van der Waals surface area contributed by atoms with Gasteiger partial charge >= 0.3 is 12.2 Å². The molecule has 1 heterocycles. The van der Waals surface area contributed by atoms with Crippen molar-refractivity contribution in [3.05, 3.63) is 77.1 Å². The highest BCUT2D eigenvalue weighted by molar-refractivity contribution is 6.31. The SMILES string of the molecule is O=C(CCCCCCNCc1cc(Oc2ccc(NC(=O)Nc3ccc(Cl)c(C(F)(F)F)c3)cc2)ccn1)NO. The number of hydrogen-bond acceptors (Lipinski definition) is 6. The summed E-state index contributed by atoms with van der Waals surface area (Å²) in [6.07, 6.45) is 0.859. The van der Waals surface area contributed by atoms with Crippen LogP contribution in [0.1, 0.15) is 43.4 Å². The summed E-state index contributed by atoms with van der Waals surface area (Å²) in [5.41, 5.74) is 1.73. The molecule has 0 bridgehead atoms. The molecule has 40 heavy (non-hydrogen) atoms. The fourth-order valence-electron chi connectivity index (χ4n) is 3.63. The van der Waals surface area contributed by atoms with Crippen LogP contribution in [0, 0.1) is 0 Å². The van der Waals surface area contributed by atoms with Crippen LogP contribution in [0.25, 0.3) is 0 Å². The number of halogens is 4. The van der Waals surface area contributed by atoms with Gasteiger partial charge in [-0.1, -0.05) is 24.4 Å². The molecule has 0 saturated heterocycles. The Kier molecular flexibility index (Phi) is 11.5. The molecule has 0 atom stereocenters. The zero-order valence-electron chi connectivity index (χ0n) is 21.4. The zero-order valence-corrected chi connectivity index (χ0v) is 22.1. The van der Waals surface area contributed by atoms with Crippen molar-refractivity contribution < 1.29 is 32.7 Å². The van der Waals surface area contributed by atoms with Gasteiger partial charge in [-0.05, 0) is 67.9 Å². The number of hydroxylamine groups is 1. The number of pyridine rings is 1. The van der Waals surface area contributed by atoms with E-state index in [9.17, 15) is 22.8 Å². The minimum atomic E-state index is -4.64. The van der Waals surface area contributed by atoms with Crippen molar-refractivity contribution in [1.29, 1.82) is 0 Å². The highest BCUT2D eigenvalue weighted by Crippen LogP contribution is 2.36. The van der Waals surface area contributed by atoms with Gasteiger partial charge in [0, 0.05) is 36.6 Å². The van der Waals surface area contributed by atoms with Crippen LogP contribution in [0.15, 0.2) is 60.8 Å². The second-order valence-corrected chi connectivity index (χ2v) is 9.16. The first-order valence-electron chi connectivity index (χ1n) is 12.5. The molecule has 0 unspecified atom stereocenters. The molecule has 0 radical (unpaired) electrons. The largest absolute Gasteiger partial charge is 0.457 e. The Hall–Kier alpha value is -3.87. The Morgan fingerprint density at radius 3 is 2.33 bits per heavy atom. The highest BCUT2D eigenvalue weighted by atomic mass is 35.5. The number of ether oxygens (including phenoxy) is 1. The summed E-state index contributed by atoms with van der Waals surface area (Å²) in [6, 6.07) is 12.4. The third kappa shape index (κ3) is 10.4. The van der Waals surface area contributed by atoms with E-state index in [0.717, 1.165) is 50.1 Å². The van der Waals surface area contributed by atoms with Gasteiger partial charge in [-0.2, -0.15) is 13.2 Å². The topological polar surface area (TPSA) is 125 Å². The molecule has 5 N–H and O–H groups in total. The summed E-state index contributed by atoms with van der Waals surface area (Å²) >= 11 is 5.61. The number of benzene rings is 2. The van der Waals surface area contributed by atoms with Crippen LogP contribution in [-0.4, -0.2) is 28.7 Å². The fraction of sp³-hybridized carbons (Fsp3) is 0.296. The summed E-state index contributed by atoms with van der Waals surface area (Å²) in [7, 11) is 0. The molecule has 0 fully saturated rings. The summed E-state index contributed by atoms with van der Waals surface area (Å²) in [6.45, 7) is 1.35. The van der Waals surface area contributed by atoms with Crippen LogP contribution in [-0.2, 0) is 17.5 Å². The number of urea groups is 1. The number of anilines is 2. The lowest BCUT2D eigenvalue weighted by Crippen LogP contribution is -2.19. The molecule has 0 aliphatic carbocycles. The molecule has 3 amide bonds. The van der Waals surface area contributed by atoms with Gasteiger partial charge in [0.1, 0.15) is 11.5 Å². The van der Waals surface area contributed by atoms with E-state index in [1.165, 1.54) is 6.07 Å². The fourth-order valence-corrected chi connectivity index (χ4v) is 3.86. The Morgan fingerprint density at radius 1 is 0.900 bits per heavy atom. The van der Waals surface area contributed by atoms with Crippen molar-refractivity contribution in [3.8, 4) is 11.5 Å². The predicted molar refractivity (Wildman–Crippen MR) is 145 cm³/mol. The third-order valence-electron chi connectivity index (χ3n) is 5.60. The van der Waals surface area contributed by atoms with Crippen molar-refractivity contribution in [2.75, 3.05) is 17.2 Å². The summed E-state index contributed by atoms with van der Waals surface area (Å²) in [5.74, 6) is 0.722. The minimum absolute atomic E-state index is 0.0538. The standard InChI is InChI=1S/C27H29ClF3N5O4/c28-24-11-8-19(16-23(24)27(29,30)31)35-26(38)34-18-6-9-21(10-7-18)40-22-12-14-33-20(15-22)17-32-13-4-2-1-3-5-25(37)36-39/h6-12,14-16,32,39H,1-5,13,17H2,(H,36,37)(H2,34,35,38). The molecule has 0 aliphatic rings. The van der Waals surface area contributed by atoms with Crippen LogP contribution >= 0.6 is 11.6 Å². The van der Waals surface area contributed by atoms with E-state index in [-0.39, 0.29) is 11.6 Å². The molecule has 1 aromatic heterocycles. The van der Waals surface area contributed by atoms with Gasteiger partial charge in [-0.15, -0.1) is 0 Å². The van der Waals surface area contributed by atoms with Gasteiger partial charge < -0.3 is 20.7 Å². The van der Waals surface area contributed by atoms with E-state index in [1.807, 2.05) is 0 Å². The lowest BCUT2D eigenvalue weighted by atomic mass is 10.1. The number of amides is 3. The van der Waals surface area contributed by atoms with Crippen LogP contribution in [0.2, 0.25) is 5.02 Å². The molecule has 3 rings (SSSR count). The first-order chi connectivity index (χ1) is 19.1. The molecule has 9 nitrogen and oxygen atoms in total. The number of rotatable bonds is 13. The monoisotopic (exact) mass is 579 g/mol. The molecule has 13 heteroatoms. The maximum absolute atomic E-state index is 13.0. The Labute approximate surface area is 234 Å². The van der Waals surface area contributed by atoms with Crippen molar-refractivity contribution in [1.82, 2.24) is 15.8 Å². The second kappa shape index (κ2) is 15.1. The Morgan fingerprint density at radius 2 is 1.60 bits per heavy atom. The van der Waals surface area contributed by atoms with Gasteiger partial charge in [-0.25, -0.2) is 10.3 Å². The van der Waals surface area contributed by atoms with E-state index in [4.69, 9.17) is 21.5 Å². The van der Waals surface area contributed by atoms with Crippen LogP contribution in [0.4, 0.5) is 29.3 Å². The first-order valence-corrected chi connectivity index (χ1v) is 12.8. The van der Waals surface area contributed by atoms with E-state index < -0.39 is 22.8 Å². The normalized spacial score (nSPS) is 11.1. The summed E-state index contributed by atoms with van der Waals surface area (Å²) in [4.78, 5) is 27.5. The number of nitrogens with one attached hydrogen (secondary N) is 4. The lowest BCUT2D eigenvalue weighted by molar-refractivity contribution is -0.137. The molecule has 214 valence electrons. The highest BCUT2D eigenvalue weighted by Gasteiger charge is 2.33. The van der Waals surface area contributed by atoms with E-state index in [0.29, 0.717) is 30.2 Å². The number of nitrogens with zero attached hydrogens (tertiary/aromatic N) is 1. The second-order valence-electron chi connectivity index (χ2n) is 8.76. The van der Waals surface area contributed by atoms with Crippen molar-refractivity contribution in [2.45, 2.75) is 44.8 Å². The molecule has 3 aromatic rings. The van der Waals surface area contributed by atoms with Gasteiger partial charge in [0.25, 0.3) is 0 Å². The molecule has 0 aliphatic heterocycles. The van der Waals surface area contributed by atoms with Crippen molar-refractivity contribution in [3.63, 3.8) is 0 Å². The third-order valence-corrected chi connectivity index (χ3v) is 5.93. The maximum atomic E-state index is 13.0. The smallest absolute Gasteiger partial charge is 0.417 e. The molecular formula is C27H29ClF3N5O4. The molecule has 2 aromatic carbocycles. The average Bonchev–Trinajstić information content (AvgIpc) is 2.91. The number of carbonyl (C=O) groups is 2. The Balaban J connectivity index is 1.42. The summed E-state index contributed by atoms with van der Waals surface area (Å²) in [5, 5.41) is 16.2. The van der Waals surface area contributed by atoms with Gasteiger partial charge in [-0.3, -0.25) is 15.0 Å². The van der Waals surface area contributed by atoms with Crippen LogP contribution < -0.4 is 26.2 Å². The molecular weight excluding hydrogens is 551 g/mol. The zero-order chi connectivity index (χ0) is 29.0. The number of aromatic nitrogens is 1. The quantitative estimate of drug-likeness (QED) is 0.0868. The number of unbranched alkanes of at least 4 members (excludes halogenated alkanes) is 3. The predicted octanol–water partition coefficient (Wildman–Crippen LogP) is 6.74. The van der Waals surface area contributed by atoms with Gasteiger partial charge in [0.15, 0.2) is 0 Å². The Bertz CT molecular complexity index is 1280. The van der Waals surface area contributed by atoms with Crippen molar-refractivity contribution >= 4 is 34.9 Å². The molecule has 0 spiro atoms.